The number of nitrogens with one attached hydrogen (secondary N) is 1. The minimum atomic E-state index is -1.08. The second-order valence-corrected chi connectivity index (χ2v) is 3.21. The van der Waals surface area contributed by atoms with Crippen molar-refractivity contribution in [2.75, 3.05) is 13.6 Å². The summed E-state index contributed by atoms with van der Waals surface area (Å²) in [6.07, 6.45) is -1.08. The summed E-state index contributed by atoms with van der Waals surface area (Å²) in [5.74, 6) is 0.389. The first-order valence-electron chi connectivity index (χ1n) is 4.58. The van der Waals surface area contributed by atoms with Crippen LogP contribution in [-0.2, 0) is 0 Å². The third-order valence-corrected chi connectivity index (χ3v) is 2.14. The Balaban J connectivity index is 2.35. The van der Waals surface area contributed by atoms with Gasteiger partial charge in [0.15, 0.2) is 6.17 Å². The van der Waals surface area contributed by atoms with Gasteiger partial charge in [-0.15, -0.1) is 0 Å². The number of hydrogen-bond donors (Lipinski definition) is 1. The summed E-state index contributed by atoms with van der Waals surface area (Å²) in [5, 5.41) is 3.72. The monoisotopic (exact) mass is 193 g/mol. The summed E-state index contributed by atoms with van der Waals surface area (Å²) in [6.45, 7) is 0.278. The fourth-order valence-corrected chi connectivity index (χ4v) is 1.44. The van der Waals surface area contributed by atoms with Crippen molar-refractivity contribution in [3.8, 4) is 0 Å². The van der Waals surface area contributed by atoms with Gasteiger partial charge in [-0.05, 0) is 19.2 Å². The van der Waals surface area contributed by atoms with Crippen LogP contribution in [0, 0.1) is 0 Å². The lowest BCUT2D eigenvalue weighted by atomic mass is 10.2. The predicted molar refractivity (Wildman–Crippen MR) is 54.0 cm³/mol. The molecule has 0 fully saturated rings. The molecule has 0 spiro atoms. The zero-order chi connectivity index (χ0) is 9.97. The molecule has 1 atom stereocenters. The molecule has 2 nitrogen and oxygen atoms in total. The molecule has 1 aromatic carbocycles. The summed E-state index contributed by atoms with van der Waals surface area (Å²) < 4.78 is 18.8. The molecule has 0 saturated heterocycles. The lowest BCUT2D eigenvalue weighted by Crippen LogP contribution is -2.13. The number of fused-ring (bicyclic) bond motifs is 1. The van der Waals surface area contributed by atoms with Crippen molar-refractivity contribution >= 4 is 11.0 Å². The molecule has 14 heavy (non-hydrogen) atoms. The van der Waals surface area contributed by atoms with Crippen molar-refractivity contribution in [1.82, 2.24) is 5.32 Å². The van der Waals surface area contributed by atoms with E-state index in [-0.39, 0.29) is 6.54 Å². The van der Waals surface area contributed by atoms with Crippen LogP contribution < -0.4 is 5.32 Å². The van der Waals surface area contributed by atoms with E-state index in [1.165, 1.54) is 0 Å². The summed E-state index contributed by atoms with van der Waals surface area (Å²) >= 11 is 0. The summed E-state index contributed by atoms with van der Waals surface area (Å²) in [7, 11) is 1.72. The molecular weight excluding hydrogens is 181 g/mol. The molecule has 1 aromatic heterocycles. The Morgan fingerprint density at radius 2 is 2.21 bits per heavy atom. The maximum absolute atomic E-state index is 13.4. The minimum absolute atomic E-state index is 0.278. The van der Waals surface area contributed by atoms with E-state index in [2.05, 4.69) is 5.32 Å². The van der Waals surface area contributed by atoms with E-state index in [4.69, 9.17) is 4.42 Å². The van der Waals surface area contributed by atoms with Gasteiger partial charge in [-0.25, -0.2) is 4.39 Å². The maximum atomic E-state index is 13.4. The first-order valence-corrected chi connectivity index (χ1v) is 4.58. The lowest BCUT2D eigenvalue weighted by molar-refractivity contribution is 0.288. The molecule has 1 unspecified atom stereocenters. The largest absolute Gasteiger partial charge is 0.458 e. The number of alkyl halides is 1. The van der Waals surface area contributed by atoms with Gasteiger partial charge in [0.25, 0.3) is 0 Å². The van der Waals surface area contributed by atoms with Crippen LogP contribution in [0.25, 0.3) is 11.0 Å². The Bertz CT molecular complexity index is 391. The molecule has 0 radical (unpaired) electrons. The number of benzene rings is 1. The number of furan rings is 1. The molecule has 2 aromatic rings. The van der Waals surface area contributed by atoms with Crippen LogP contribution in [0.3, 0.4) is 0 Å². The van der Waals surface area contributed by atoms with Gasteiger partial charge in [-0.1, -0.05) is 18.2 Å². The van der Waals surface area contributed by atoms with Crippen molar-refractivity contribution in [2.45, 2.75) is 6.17 Å². The van der Waals surface area contributed by atoms with Gasteiger partial charge in [0.2, 0.25) is 0 Å². The first-order chi connectivity index (χ1) is 6.81. The van der Waals surface area contributed by atoms with Gasteiger partial charge in [0.05, 0.1) is 0 Å². The van der Waals surface area contributed by atoms with E-state index >= 15 is 0 Å². The second-order valence-electron chi connectivity index (χ2n) is 3.21. The number of likely N-dealkylation sites (N-methyl/N-ethyl adjacent to an activating group) is 1. The lowest BCUT2D eigenvalue weighted by Gasteiger charge is -2.01. The Kier molecular flexibility index (Phi) is 2.50. The van der Waals surface area contributed by atoms with E-state index < -0.39 is 6.17 Å². The molecule has 2 rings (SSSR count). The summed E-state index contributed by atoms with van der Waals surface area (Å²) in [5.41, 5.74) is 0.737. The van der Waals surface area contributed by atoms with Crippen LogP contribution in [0.2, 0.25) is 0 Å². The van der Waals surface area contributed by atoms with Gasteiger partial charge in [-0.3, -0.25) is 0 Å². The van der Waals surface area contributed by atoms with Gasteiger partial charge in [-0.2, -0.15) is 0 Å². The Hall–Kier alpha value is -1.35. The van der Waals surface area contributed by atoms with Crippen LogP contribution in [-0.4, -0.2) is 13.6 Å². The van der Waals surface area contributed by atoms with Crippen LogP contribution in [0.15, 0.2) is 34.7 Å². The number of hydrogen-bond acceptors (Lipinski definition) is 2. The average Bonchev–Trinajstić information content (AvgIpc) is 2.61. The van der Waals surface area contributed by atoms with Crippen LogP contribution in [0.4, 0.5) is 4.39 Å². The number of halogens is 1. The molecule has 0 amide bonds. The quantitative estimate of drug-likeness (QED) is 0.810. The van der Waals surface area contributed by atoms with Gasteiger partial charge in [0.1, 0.15) is 11.3 Å². The second kappa shape index (κ2) is 3.80. The molecule has 0 aliphatic rings. The van der Waals surface area contributed by atoms with Crippen molar-refractivity contribution in [1.29, 1.82) is 0 Å². The smallest absolute Gasteiger partial charge is 0.170 e. The highest BCUT2D eigenvalue weighted by Crippen LogP contribution is 2.25. The van der Waals surface area contributed by atoms with Gasteiger partial charge in [0, 0.05) is 11.9 Å². The highest BCUT2D eigenvalue weighted by atomic mass is 19.1. The highest BCUT2D eigenvalue weighted by molar-refractivity contribution is 5.77. The molecule has 0 bridgehead atoms. The van der Waals surface area contributed by atoms with Crippen molar-refractivity contribution in [3.05, 3.63) is 36.1 Å². The molecule has 0 aliphatic carbocycles. The van der Waals surface area contributed by atoms with Crippen LogP contribution in [0.1, 0.15) is 11.9 Å². The fraction of sp³-hybridized carbons (Fsp3) is 0.273. The molecule has 1 N–H and O–H groups in total. The third-order valence-electron chi connectivity index (χ3n) is 2.14. The van der Waals surface area contributed by atoms with Gasteiger partial charge >= 0.3 is 0 Å². The maximum Gasteiger partial charge on any atom is 0.170 e. The first kappa shape index (κ1) is 9.21. The van der Waals surface area contributed by atoms with Gasteiger partial charge < -0.3 is 9.73 Å². The zero-order valence-corrected chi connectivity index (χ0v) is 7.96. The standard InChI is InChI=1S/C11H12FNO/c1-13-7-9(12)11-6-8-4-2-3-5-10(8)14-11/h2-6,9,13H,7H2,1H3. The fourth-order valence-electron chi connectivity index (χ4n) is 1.44. The average molecular weight is 193 g/mol. The van der Waals surface area contributed by atoms with Crippen LogP contribution in [0.5, 0.6) is 0 Å². The van der Waals surface area contributed by atoms with E-state index in [0.29, 0.717) is 5.76 Å². The minimum Gasteiger partial charge on any atom is -0.458 e. The summed E-state index contributed by atoms with van der Waals surface area (Å²) in [4.78, 5) is 0. The SMILES string of the molecule is CNCC(F)c1cc2ccccc2o1. The van der Waals surface area contributed by atoms with Crippen molar-refractivity contribution < 1.29 is 8.81 Å². The molecule has 74 valence electrons. The highest BCUT2D eigenvalue weighted by Gasteiger charge is 2.13. The topological polar surface area (TPSA) is 25.2 Å². The van der Waals surface area contributed by atoms with E-state index in [1.807, 2.05) is 24.3 Å². The third kappa shape index (κ3) is 1.63. The van der Waals surface area contributed by atoms with Crippen molar-refractivity contribution in [2.24, 2.45) is 0 Å². The number of para-hydroxylation sites is 1. The van der Waals surface area contributed by atoms with E-state index in [9.17, 15) is 4.39 Å². The zero-order valence-electron chi connectivity index (χ0n) is 7.96. The van der Waals surface area contributed by atoms with E-state index in [0.717, 1.165) is 11.0 Å². The van der Waals surface area contributed by atoms with Crippen molar-refractivity contribution in [3.63, 3.8) is 0 Å². The Labute approximate surface area is 81.7 Å². The number of rotatable bonds is 3. The van der Waals surface area contributed by atoms with E-state index in [1.54, 1.807) is 13.1 Å². The molecule has 1 heterocycles. The Morgan fingerprint density at radius 3 is 2.93 bits per heavy atom. The predicted octanol–water partition coefficient (Wildman–Crippen LogP) is 2.66. The molecular formula is C11H12FNO. The molecule has 3 heteroatoms. The molecule has 0 aliphatic heterocycles. The Morgan fingerprint density at radius 1 is 1.43 bits per heavy atom. The summed E-state index contributed by atoms with van der Waals surface area (Å²) in [6, 6.07) is 9.28. The molecule has 0 saturated carbocycles. The normalized spacial score (nSPS) is 13.3. The van der Waals surface area contributed by atoms with Crippen LogP contribution >= 0.6 is 0 Å².